The summed E-state index contributed by atoms with van der Waals surface area (Å²) in [6, 6.07) is 3.32. The third-order valence-electron chi connectivity index (χ3n) is 2.98. The molecule has 0 saturated carbocycles. The van der Waals surface area contributed by atoms with Gasteiger partial charge in [-0.25, -0.2) is 13.1 Å². The molecule has 0 bridgehead atoms. The standard InChI is InChI=1S/C14H26N4O2S3.HI/c1-5-15-13(17-11-14(2,3)21-4)16-8-9-18-23(19,20)12-7-6-10-22-12;/h6-7,10,18H,5,8-9,11H2,1-4H3,(H2,15,16,17);1H. The van der Waals surface area contributed by atoms with Crippen molar-refractivity contribution in [3.8, 4) is 0 Å². The largest absolute Gasteiger partial charge is 0.357 e. The van der Waals surface area contributed by atoms with Crippen LogP contribution in [-0.2, 0) is 10.0 Å². The molecule has 0 fully saturated rings. The maximum atomic E-state index is 12.0. The number of sulfonamides is 1. The van der Waals surface area contributed by atoms with E-state index >= 15 is 0 Å². The van der Waals surface area contributed by atoms with Crippen LogP contribution in [0.3, 0.4) is 0 Å². The normalized spacial score (nSPS) is 12.6. The highest BCUT2D eigenvalue weighted by atomic mass is 127. The zero-order valence-corrected chi connectivity index (χ0v) is 19.2. The molecule has 0 aliphatic carbocycles. The van der Waals surface area contributed by atoms with Gasteiger partial charge in [0, 0.05) is 24.4 Å². The van der Waals surface area contributed by atoms with Crippen molar-refractivity contribution in [3.05, 3.63) is 17.5 Å². The summed E-state index contributed by atoms with van der Waals surface area (Å²) in [4.78, 5) is 4.54. The lowest BCUT2D eigenvalue weighted by atomic mass is 10.2. The van der Waals surface area contributed by atoms with E-state index in [2.05, 4.69) is 40.5 Å². The van der Waals surface area contributed by atoms with E-state index in [0.717, 1.165) is 6.54 Å². The van der Waals surface area contributed by atoms with E-state index in [4.69, 9.17) is 0 Å². The fourth-order valence-electron chi connectivity index (χ4n) is 1.53. The van der Waals surface area contributed by atoms with Crippen molar-refractivity contribution < 1.29 is 8.42 Å². The second kappa shape index (κ2) is 11.6. The smallest absolute Gasteiger partial charge is 0.250 e. The van der Waals surface area contributed by atoms with E-state index in [0.29, 0.717) is 29.8 Å². The van der Waals surface area contributed by atoms with E-state index in [1.54, 1.807) is 29.3 Å². The van der Waals surface area contributed by atoms with Crippen molar-refractivity contribution in [2.45, 2.75) is 29.7 Å². The lowest BCUT2D eigenvalue weighted by Crippen LogP contribution is -2.42. The Morgan fingerprint density at radius 1 is 1.33 bits per heavy atom. The summed E-state index contributed by atoms with van der Waals surface area (Å²) in [7, 11) is -3.40. The fourth-order valence-corrected chi connectivity index (χ4v) is 3.79. The van der Waals surface area contributed by atoms with E-state index in [1.807, 2.05) is 6.92 Å². The summed E-state index contributed by atoms with van der Waals surface area (Å²) in [5, 5.41) is 8.05. The molecule has 10 heteroatoms. The van der Waals surface area contributed by atoms with Gasteiger partial charge in [-0.3, -0.25) is 4.99 Å². The van der Waals surface area contributed by atoms with Gasteiger partial charge in [-0.15, -0.1) is 35.3 Å². The van der Waals surface area contributed by atoms with Crippen molar-refractivity contribution in [1.29, 1.82) is 0 Å². The average molecular weight is 507 g/mol. The van der Waals surface area contributed by atoms with Crippen molar-refractivity contribution in [2.75, 3.05) is 32.4 Å². The van der Waals surface area contributed by atoms with Crippen LogP contribution in [0.25, 0.3) is 0 Å². The fraction of sp³-hybridized carbons (Fsp3) is 0.643. The highest BCUT2D eigenvalue weighted by Gasteiger charge is 2.16. The minimum Gasteiger partial charge on any atom is -0.357 e. The Kier molecular flexibility index (Phi) is 11.5. The van der Waals surface area contributed by atoms with E-state index < -0.39 is 10.0 Å². The topological polar surface area (TPSA) is 82.6 Å². The number of halogens is 1. The van der Waals surface area contributed by atoms with E-state index in [1.165, 1.54) is 11.3 Å². The molecule has 0 aliphatic rings. The molecular formula is C14H27IN4O2S3. The molecule has 1 aromatic heterocycles. The van der Waals surface area contributed by atoms with Gasteiger partial charge in [-0.2, -0.15) is 11.8 Å². The molecule has 24 heavy (non-hydrogen) atoms. The molecule has 3 N–H and O–H groups in total. The molecular weight excluding hydrogens is 479 g/mol. The van der Waals surface area contributed by atoms with E-state index in [-0.39, 0.29) is 28.7 Å². The first-order valence-electron chi connectivity index (χ1n) is 7.41. The van der Waals surface area contributed by atoms with Gasteiger partial charge in [0.05, 0.1) is 6.54 Å². The lowest BCUT2D eigenvalue weighted by molar-refractivity contribution is 0.582. The van der Waals surface area contributed by atoms with Crippen LogP contribution in [0, 0.1) is 0 Å². The number of thioether (sulfide) groups is 1. The second-order valence-electron chi connectivity index (χ2n) is 5.42. The molecule has 0 spiro atoms. The van der Waals surface area contributed by atoms with Gasteiger partial charge in [0.1, 0.15) is 4.21 Å². The summed E-state index contributed by atoms with van der Waals surface area (Å²) in [6.07, 6.45) is 2.06. The van der Waals surface area contributed by atoms with Crippen LogP contribution in [0.5, 0.6) is 0 Å². The quantitative estimate of drug-likeness (QED) is 0.207. The number of guanidine groups is 1. The zero-order valence-electron chi connectivity index (χ0n) is 14.5. The van der Waals surface area contributed by atoms with Crippen LogP contribution in [0.1, 0.15) is 20.8 Å². The van der Waals surface area contributed by atoms with Gasteiger partial charge in [0.2, 0.25) is 10.0 Å². The number of nitrogens with one attached hydrogen (secondary N) is 3. The molecule has 140 valence electrons. The van der Waals surface area contributed by atoms with Crippen LogP contribution < -0.4 is 15.4 Å². The predicted molar refractivity (Wildman–Crippen MR) is 116 cm³/mol. The Bertz CT molecular complexity index is 589. The first-order valence-corrected chi connectivity index (χ1v) is 11.0. The minimum absolute atomic E-state index is 0. The zero-order chi connectivity index (χ0) is 17.3. The molecule has 1 rings (SSSR count). The molecule has 0 aromatic carbocycles. The van der Waals surface area contributed by atoms with Gasteiger partial charge >= 0.3 is 0 Å². The van der Waals surface area contributed by atoms with Gasteiger partial charge in [-0.1, -0.05) is 6.07 Å². The third-order valence-corrected chi connectivity index (χ3v) is 7.08. The molecule has 1 aromatic rings. The SMILES string of the molecule is CCNC(=NCC(C)(C)SC)NCCNS(=O)(=O)c1cccs1.I. The monoisotopic (exact) mass is 506 g/mol. The van der Waals surface area contributed by atoms with Gasteiger partial charge in [0.25, 0.3) is 0 Å². The van der Waals surface area contributed by atoms with Crippen LogP contribution in [0.2, 0.25) is 0 Å². The van der Waals surface area contributed by atoms with Gasteiger partial charge in [-0.05, 0) is 38.5 Å². The highest BCUT2D eigenvalue weighted by Crippen LogP contribution is 2.20. The minimum atomic E-state index is -3.40. The first kappa shape index (κ1) is 24.0. The lowest BCUT2D eigenvalue weighted by Gasteiger charge is -2.20. The van der Waals surface area contributed by atoms with Crippen molar-refractivity contribution in [3.63, 3.8) is 0 Å². The Morgan fingerprint density at radius 2 is 2.04 bits per heavy atom. The molecule has 0 unspecified atom stereocenters. The molecule has 0 radical (unpaired) electrons. The summed E-state index contributed by atoms with van der Waals surface area (Å²) in [5.41, 5.74) is 0. The maximum Gasteiger partial charge on any atom is 0.250 e. The van der Waals surface area contributed by atoms with Crippen LogP contribution >= 0.6 is 47.1 Å². The molecule has 0 atom stereocenters. The van der Waals surface area contributed by atoms with Crippen LogP contribution in [0.15, 0.2) is 26.7 Å². The Balaban J connectivity index is 0.00000529. The van der Waals surface area contributed by atoms with Crippen molar-refractivity contribution >= 4 is 63.1 Å². The number of aliphatic imine (C=N–C) groups is 1. The van der Waals surface area contributed by atoms with Crippen molar-refractivity contribution in [2.24, 2.45) is 4.99 Å². The van der Waals surface area contributed by atoms with Gasteiger partial charge < -0.3 is 10.6 Å². The van der Waals surface area contributed by atoms with Crippen LogP contribution in [0.4, 0.5) is 0 Å². The first-order chi connectivity index (χ1) is 10.8. The number of hydrogen-bond donors (Lipinski definition) is 3. The third kappa shape index (κ3) is 8.88. The van der Waals surface area contributed by atoms with Crippen LogP contribution in [-0.4, -0.2) is 51.6 Å². The predicted octanol–water partition coefficient (Wildman–Crippen LogP) is 2.34. The van der Waals surface area contributed by atoms with Crippen molar-refractivity contribution in [1.82, 2.24) is 15.4 Å². The number of rotatable bonds is 9. The number of hydrogen-bond acceptors (Lipinski definition) is 5. The summed E-state index contributed by atoms with van der Waals surface area (Å²) >= 11 is 2.97. The summed E-state index contributed by atoms with van der Waals surface area (Å²) in [6.45, 7) is 8.49. The molecule has 0 amide bonds. The number of nitrogens with zero attached hydrogens (tertiary/aromatic N) is 1. The Hall–Kier alpha value is -0.0400. The summed E-state index contributed by atoms with van der Waals surface area (Å²) < 4.78 is 26.9. The molecule has 1 heterocycles. The molecule has 0 aliphatic heterocycles. The Labute approximate surface area is 170 Å². The highest BCUT2D eigenvalue weighted by molar-refractivity contribution is 14.0. The van der Waals surface area contributed by atoms with E-state index in [9.17, 15) is 8.42 Å². The maximum absolute atomic E-state index is 12.0. The average Bonchev–Trinajstić information content (AvgIpc) is 3.04. The molecule has 6 nitrogen and oxygen atoms in total. The molecule has 0 saturated heterocycles. The number of thiophene rings is 1. The second-order valence-corrected chi connectivity index (χ2v) is 9.87. The van der Waals surface area contributed by atoms with Gasteiger partial charge in [0.15, 0.2) is 5.96 Å². The summed E-state index contributed by atoms with van der Waals surface area (Å²) in [5.74, 6) is 0.699. The Morgan fingerprint density at radius 3 is 2.58 bits per heavy atom.